The zero-order valence-electron chi connectivity index (χ0n) is 9.23. The summed E-state index contributed by atoms with van der Waals surface area (Å²) in [6, 6.07) is 3.89. The van der Waals surface area contributed by atoms with Gasteiger partial charge in [-0.3, -0.25) is 0 Å². The maximum atomic E-state index is 5.74. The minimum absolute atomic E-state index is 0.276. The number of nitrogens with zero attached hydrogens (tertiary/aromatic N) is 2. The lowest BCUT2D eigenvalue weighted by molar-refractivity contribution is 0.0529. The van der Waals surface area contributed by atoms with Crippen LogP contribution in [0.15, 0.2) is 12.1 Å². The molecule has 1 aromatic heterocycles. The lowest BCUT2D eigenvalue weighted by atomic mass is 10.2. The predicted molar refractivity (Wildman–Crippen MR) is 61.0 cm³/mol. The van der Waals surface area contributed by atoms with Crippen molar-refractivity contribution in [2.24, 2.45) is 0 Å². The third kappa shape index (κ3) is 2.21. The Hall–Kier alpha value is -1.29. The second kappa shape index (κ2) is 4.06. The molecule has 1 fully saturated rings. The van der Waals surface area contributed by atoms with Crippen molar-refractivity contribution in [3.8, 4) is 0 Å². The number of anilines is 2. The van der Waals surface area contributed by atoms with E-state index < -0.39 is 0 Å². The van der Waals surface area contributed by atoms with E-state index in [4.69, 9.17) is 10.5 Å². The fraction of sp³-hybridized carbons (Fsp3) is 0.545. The second-order valence-electron chi connectivity index (χ2n) is 3.97. The summed E-state index contributed by atoms with van der Waals surface area (Å²) in [6.45, 7) is 6.59. The molecule has 0 unspecified atom stereocenters. The molecule has 0 radical (unpaired) electrons. The molecule has 2 rings (SSSR count). The Morgan fingerprint density at radius 2 is 2.33 bits per heavy atom. The third-order valence-electron chi connectivity index (χ3n) is 2.68. The number of morpholine rings is 1. The summed E-state index contributed by atoms with van der Waals surface area (Å²) in [6.07, 6.45) is 0.276. The van der Waals surface area contributed by atoms with Gasteiger partial charge in [-0.2, -0.15) is 0 Å². The highest BCUT2D eigenvalue weighted by molar-refractivity contribution is 5.50. The van der Waals surface area contributed by atoms with Crippen LogP contribution in [0.5, 0.6) is 0 Å². The van der Waals surface area contributed by atoms with Gasteiger partial charge >= 0.3 is 0 Å². The first-order valence-electron chi connectivity index (χ1n) is 5.26. The van der Waals surface area contributed by atoms with E-state index in [-0.39, 0.29) is 6.10 Å². The summed E-state index contributed by atoms with van der Waals surface area (Å²) in [4.78, 5) is 6.71. The van der Waals surface area contributed by atoms with Gasteiger partial charge < -0.3 is 15.4 Å². The van der Waals surface area contributed by atoms with Crippen LogP contribution in [0.2, 0.25) is 0 Å². The minimum Gasteiger partial charge on any atom is -0.397 e. The summed E-state index contributed by atoms with van der Waals surface area (Å²) in [5, 5.41) is 0. The highest BCUT2D eigenvalue weighted by Crippen LogP contribution is 2.18. The van der Waals surface area contributed by atoms with E-state index in [1.54, 1.807) is 0 Å². The number of aryl methyl sites for hydroxylation is 1. The zero-order chi connectivity index (χ0) is 10.8. The van der Waals surface area contributed by atoms with E-state index in [0.29, 0.717) is 0 Å². The molecular formula is C11H17N3O. The van der Waals surface area contributed by atoms with Crippen molar-refractivity contribution < 1.29 is 4.74 Å². The van der Waals surface area contributed by atoms with E-state index in [1.165, 1.54) is 0 Å². The van der Waals surface area contributed by atoms with Crippen molar-refractivity contribution in [3.63, 3.8) is 0 Å². The van der Waals surface area contributed by atoms with Crippen LogP contribution in [0.1, 0.15) is 12.6 Å². The number of pyridine rings is 1. The monoisotopic (exact) mass is 207 g/mol. The molecule has 1 atom stereocenters. The molecule has 2 N–H and O–H groups in total. The first kappa shape index (κ1) is 10.2. The zero-order valence-corrected chi connectivity index (χ0v) is 9.23. The van der Waals surface area contributed by atoms with Gasteiger partial charge in [-0.15, -0.1) is 0 Å². The van der Waals surface area contributed by atoms with Gasteiger partial charge in [0.2, 0.25) is 0 Å². The summed E-state index contributed by atoms with van der Waals surface area (Å²) < 4.78 is 5.49. The Bertz CT molecular complexity index is 354. The van der Waals surface area contributed by atoms with Gasteiger partial charge in [-0.1, -0.05) is 0 Å². The van der Waals surface area contributed by atoms with Crippen LogP contribution in [-0.2, 0) is 4.74 Å². The van der Waals surface area contributed by atoms with E-state index in [9.17, 15) is 0 Å². The summed E-state index contributed by atoms with van der Waals surface area (Å²) >= 11 is 0. The van der Waals surface area contributed by atoms with Gasteiger partial charge in [0.25, 0.3) is 0 Å². The van der Waals surface area contributed by atoms with Gasteiger partial charge in [-0.05, 0) is 26.0 Å². The van der Waals surface area contributed by atoms with Crippen molar-refractivity contribution in [2.45, 2.75) is 20.0 Å². The Morgan fingerprint density at radius 1 is 1.53 bits per heavy atom. The Balaban J connectivity index is 2.18. The SMILES string of the molecule is Cc1nc(N2CCO[C@H](C)C2)ccc1N. The normalized spacial score (nSPS) is 21.7. The molecule has 15 heavy (non-hydrogen) atoms. The number of nitrogen functional groups attached to an aromatic ring is 1. The van der Waals surface area contributed by atoms with Gasteiger partial charge in [0.05, 0.1) is 24.1 Å². The molecule has 0 aromatic carbocycles. The lowest BCUT2D eigenvalue weighted by Gasteiger charge is -2.32. The fourth-order valence-corrected chi connectivity index (χ4v) is 1.76. The average Bonchev–Trinajstić information content (AvgIpc) is 2.22. The second-order valence-corrected chi connectivity index (χ2v) is 3.97. The Kier molecular flexibility index (Phi) is 2.77. The van der Waals surface area contributed by atoms with E-state index >= 15 is 0 Å². The number of ether oxygens (including phenoxy) is 1. The van der Waals surface area contributed by atoms with Crippen LogP contribution in [0.25, 0.3) is 0 Å². The van der Waals surface area contributed by atoms with E-state index in [2.05, 4.69) is 16.8 Å². The molecule has 0 spiro atoms. The number of nitrogens with two attached hydrogens (primary N) is 1. The van der Waals surface area contributed by atoms with Crippen LogP contribution >= 0.6 is 0 Å². The van der Waals surface area contributed by atoms with E-state index in [1.807, 2.05) is 19.1 Å². The van der Waals surface area contributed by atoms with Gasteiger partial charge in [0, 0.05) is 13.1 Å². The first-order valence-corrected chi connectivity index (χ1v) is 5.26. The fourth-order valence-electron chi connectivity index (χ4n) is 1.76. The smallest absolute Gasteiger partial charge is 0.129 e. The molecule has 0 amide bonds. The lowest BCUT2D eigenvalue weighted by Crippen LogP contribution is -2.41. The standard InChI is InChI=1S/C11H17N3O/c1-8-7-14(5-6-15-8)11-4-3-10(12)9(2)13-11/h3-4,8H,5-7,12H2,1-2H3/t8-/m1/s1. The predicted octanol–water partition coefficient (Wildman–Crippen LogP) is 1.20. The van der Waals surface area contributed by atoms with Gasteiger partial charge in [0.1, 0.15) is 5.82 Å². The Labute approximate surface area is 90.0 Å². The summed E-state index contributed by atoms with van der Waals surface area (Å²) in [5.41, 5.74) is 7.38. The van der Waals surface area contributed by atoms with Crippen LogP contribution < -0.4 is 10.6 Å². The van der Waals surface area contributed by atoms with Gasteiger partial charge in [0.15, 0.2) is 0 Å². The first-order chi connectivity index (χ1) is 7.16. The van der Waals surface area contributed by atoms with Crippen molar-refractivity contribution in [3.05, 3.63) is 17.8 Å². The number of aromatic nitrogens is 1. The molecule has 2 heterocycles. The topological polar surface area (TPSA) is 51.4 Å². The summed E-state index contributed by atoms with van der Waals surface area (Å²) in [7, 11) is 0. The summed E-state index contributed by atoms with van der Waals surface area (Å²) in [5.74, 6) is 0.997. The van der Waals surface area contributed by atoms with Crippen molar-refractivity contribution in [2.75, 3.05) is 30.3 Å². The number of rotatable bonds is 1. The molecule has 4 heteroatoms. The van der Waals surface area contributed by atoms with Crippen LogP contribution in [0, 0.1) is 6.92 Å². The van der Waals surface area contributed by atoms with E-state index in [0.717, 1.165) is 36.9 Å². The maximum absolute atomic E-state index is 5.74. The van der Waals surface area contributed by atoms with Crippen molar-refractivity contribution in [1.29, 1.82) is 0 Å². The van der Waals surface area contributed by atoms with Crippen LogP contribution in [0.4, 0.5) is 11.5 Å². The maximum Gasteiger partial charge on any atom is 0.129 e. The molecule has 1 aromatic rings. The molecule has 1 aliphatic rings. The van der Waals surface area contributed by atoms with Crippen molar-refractivity contribution >= 4 is 11.5 Å². The minimum atomic E-state index is 0.276. The number of hydrogen-bond donors (Lipinski definition) is 1. The molecular weight excluding hydrogens is 190 g/mol. The molecule has 0 aliphatic carbocycles. The molecule has 1 saturated heterocycles. The average molecular weight is 207 g/mol. The quantitative estimate of drug-likeness (QED) is 0.751. The third-order valence-corrected chi connectivity index (χ3v) is 2.68. The largest absolute Gasteiger partial charge is 0.397 e. The molecule has 1 aliphatic heterocycles. The number of hydrogen-bond acceptors (Lipinski definition) is 4. The molecule has 82 valence electrons. The molecule has 4 nitrogen and oxygen atoms in total. The van der Waals surface area contributed by atoms with Crippen molar-refractivity contribution in [1.82, 2.24) is 4.98 Å². The van der Waals surface area contributed by atoms with Crippen LogP contribution in [-0.4, -0.2) is 30.8 Å². The highest BCUT2D eigenvalue weighted by Gasteiger charge is 2.17. The van der Waals surface area contributed by atoms with Gasteiger partial charge in [-0.25, -0.2) is 4.98 Å². The highest BCUT2D eigenvalue weighted by atomic mass is 16.5. The molecule has 0 bridgehead atoms. The van der Waals surface area contributed by atoms with Crippen LogP contribution in [0.3, 0.4) is 0 Å². The molecule has 0 saturated carbocycles. The Morgan fingerprint density at radius 3 is 3.00 bits per heavy atom.